The average Bonchev–Trinajstić information content (AvgIpc) is 3.33. The number of benzene rings is 2. The Morgan fingerprint density at radius 3 is 2.67 bits per heavy atom. The van der Waals surface area contributed by atoms with E-state index < -0.39 is 0 Å². The lowest BCUT2D eigenvalue weighted by atomic mass is 10.1. The second kappa shape index (κ2) is 11.6. The second-order valence-electron chi connectivity index (χ2n) is 9.20. The normalized spacial score (nSPS) is 18.5. The summed E-state index contributed by atoms with van der Waals surface area (Å²) in [7, 11) is 0. The minimum absolute atomic E-state index is 0.158. The summed E-state index contributed by atoms with van der Waals surface area (Å²) in [5.74, 6) is 1.23. The fourth-order valence-electron chi connectivity index (χ4n) is 4.52. The maximum atomic E-state index is 12.7. The first-order valence-electron chi connectivity index (χ1n) is 12.5. The fraction of sp³-hybridized carbons (Fsp3) is 0.357. The summed E-state index contributed by atoms with van der Waals surface area (Å²) < 4.78 is 17.6. The van der Waals surface area contributed by atoms with Crippen LogP contribution in [-0.4, -0.2) is 54.1 Å². The van der Waals surface area contributed by atoms with Crippen molar-refractivity contribution in [2.75, 3.05) is 44.8 Å². The van der Waals surface area contributed by atoms with Crippen LogP contribution in [0.15, 0.2) is 66.9 Å². The molecule has 0 amide bonds. The molecule has 36 heavy (non-hydrogen) atoms. The van der Waals surface area contributed by atoms with Gasteiger partial charge < -0.3 is 29.4 Å². The van der Waals surface area contributed by atoms with E-state index in [1.165, 1.54) is 0 Å². The largest absolute Gasteiger partial charge is 0.633 e. The average molecular weight is 489 g/mol. The zero-order chi connectivity index (χ0) is 24.6. The standard InChI is InChI=1S/C28H32N4O4/c33-32(12-1-2-13-32)14-17-36-27-9-8-25-19-24(27)21-35-16-4-3-15-34-20-22-6-5-7-23(18-22)26-10-11-29-28(30-25)31-26/h3-11,18-19H,1-2,12-17,20-21H2,(H,29,30,31)/b4-3+. The number of nitrogens with one attached hydrogen (secondary N) is 1. The van der Waals surface area contributed by atoms with Crippen LogP contribution in [-0.2, 0) is 22.7 Å². The Morgan fingerprint density at radius 1 is 0.972 bits per heavy atom. The van der Waals surface area contributed by atoms with Gasteiger partial charge in [0.25, 0.3) is 0 Å². The van der Waals surface area contributed by atoms with Crippen molar-refractivity contribution in [2.45, 2.75) is 26.1 Å². The van der Waals surface area contributed by atoms with Crippen molar-refractivity contribution in [1.82, 2.24) is 9.97 Å². The lowest BCUT2D eigenvalue weighted by molar-refractivity contribution is -0.868. The first-order valence-corrected chi connectivity index (χ1v) is 12.5. The van der Waals surface area contributed by atoms with Crippen LogP contribution in [0.3, 0.4) is 0 Å². The molecule has 0 aliphatic carbocycles. The molecule has 8 heteroatoms. The highest BCUT2D eigenvalue weighted by molar-refractivity contribution is 5.63. The molecule has 6 bridgehead atoms. The molecule has 188 valence electrons. The number of likely N-dealkylation sites (tertiary alicyclic amines) is 1. The highest BCUT2D eigenvalue weighted by atomic mass is 16.6. The Kier molecular flexibility index (Phi) is 7.88. The van der Waals surface area contributed by atoms with Gasteiger partial charge in [0.1, 0.15) is 18.9 Å². The second-order valence-corrected chi connectivity index (χ2v) is 9.20. The van der Waals surface area contributed by atoms with Gasteiger partial charge in [0.05, 0.1) is 45.2 Å². The fourth-order valence-corrected chi connectivity index (χ4v) is 4.52. The van der Waals surface area contributed by atoms with E-state index >= 15 is 0 Å². The lowest BCUT2D eigenvalue weighted by Gasteiger charge is -2.38. The van der Waals surface area contributed by atoms with Gasteiger partial charge in [-0.1, -0.05) is 30.4 Å². The summed E-state index contributed by atoms with van der Waals surface area (Å²) in [6.45, 7) is 4.07. The molecule has 8 nitrogen and oxygen atoms in total. The third-order valence-electron chi connectivity index (χ3n) is 6.45. The van der Waals surface area contributed by atoms with Crippen LogP contribution >= 0.6 is 0 Å². The van der Waals surface area contributed by atoms with Crippen LogP contribution in [0.5, 0.6) is 5.75 Å². The highest BCUT2D eigenvalue weighted by Crippen LogP contribution is 2.27. The van der Waals surface area contributed by atoms with Crippen LogP contribution in [0, 0.1) is 5.21 Å². The summed E-state index contributed by atoms with van der Waals surface area (Å²) in [5.41, 5.74) is 4.65. The van der Waals surface area contributed by atoms with Gasteiger partial charge in [-0.2, -0.15) is 0 Å². The van der Waals surface area contributed by atoms with Crippen molar-refractivity contribution >= 4 is 11.6 Å². The van der Waals surface area contributed by atoms with Crippen molar-refractivity contribution < 1.29 is 18.9 Å². The van der Waals surface area contributed by atoms with Gasteiger partial charge in [0.2, 0.25) is 5.95 Å². The lowest BCUT2D eigenvalue weighted by Crippen LogP contribution is -2.42. The molecule has 1 aromatic heterocycles. The van der Waals surface area contributed by atoms with Crippen LogP contribution in [0.25, 0.3) is 11.3 Å². The molecule has 0 saturated carbocycles. The predicted octanol–water partition coefficient (Wildman–Crippen LogP) is 4.98. The quantitative estimate of drug-likeness (QED) is 0.315. The number of fused-ring (bicyclic) bond motifs is 7. The zero-order valence-corrected chi connectivity index (χ0v) is 20.4. The SMILES string of the molecule is [O-][N+]1(CCOc2ccc3cc2COC/C=C/COCc2cccc(c2)-c2ccnc(n2)N3)CCCC1. The first-order chi connectivity index (χ1) is 17.7. The molecule has 1 fully saturated rings. The van der Waals surface area contributed by atoms with Crippen LogP contribution < -0.4 is 10.1 Å². The molecule has 3 aromatic rings. The maximum Gasteiger partial charge on any atom is 0.227 e. The van der Waals surface area contributed by atoms with E-state index in [1.54, 1.807) is 6.20 Å². The Balaban J connectivity index is 1.37. The van der Waals surface area contributed by atoms with Crippen molar-refractivity contribution in [3.8, 4) is 17.0 Å². The minimum atomic E-state index is -0.158. The molecule has 0 unspecified atom stereocenters. The number of hydrogen-bond acceptors (Lipinski definition) is 7. The number of rotatable bonds is 4. The van der Waals surface area contributed by atoms with Gasteiger partial charge in [-0.25, -0.2) is 9.97 Å². The van der Waals surface area contributed by atoms with Gasteiger partial charge in [-0.3, -0.25) is 0 Å². The molecule has 2 aliphatic heterocycles. The van der Waals surface area contributed by atoms with Gasteiger partial charge in [0.15, 0.2) is 0 Å². The summed E-state index contributed by atoms with van der Waals surface area (Å²) in [6, 6.07) is 15.9. The molecule has 1 N–H and O–H groups in total. The van der Waals surface area contributed by atoms with Gasteiger partial charge in [-0.15, -0.1) is 0 Å². The summed E-state index contributed by atoms with van der Waals surface area (Å²) in [5, 5.41) is 16.0. The Hall–Kier alpha value is -3.30. The van der Waals surface area contributed by atoms with E-state index in [-0.39, 0.29) is 4.65 Å². The highest BCUT2D eigenvalue weighted by Gasteiger charge is 2.22. The van der Waals surface area contributed by atoms with E-state index in [2.05, 4.69) is 16.4 Å². The molecule has 0 radical (unpaired) electrons. The number of nitrogens with zero attached hydrogens (tertiary/aromatic N) is 3. The minimum Gasteiger partial charge on any atom is -0.633 e. The molecule has 3 heterocycles. The molecule has 5 rings (SSSR count). The monoisotopic (exact) mass is 488 g/mol. The van der Waals surface area contributed by atoms with E-state index in [9.17, 15) is 5.21 Å². The van der Waals surface area contributed by atoms with E-state index in [0.29, 0.717) is 58.6 Å². The first kappa shape index (κ1) is 24.4. The molecular formula is C28H32N4O4. The Labute approximate surface area is 211 Å². The topological polar surface area (TPSA) is 88.6 Å². The third kappa shape index (κ3) is 6.47. The van der Waals surface area contributed by atoms with Crippen LogP contribution in [0.1, 0.15) is 24.0 Å². The van der Waals surface area contributed by atoms with Crippen molar-refractivity contribution in [2.24, 2.45) is 0 Å². The molecule has 1 saturated heterocycles. The molecule has 0 spiro atoms. The van der Waals surface area contributed by atoms with Crippen molar-refractivity contribution in [1.29, 1.82) is 0 Å². The summed E-state index contributed by atoms with van der Waals surface area (Å²) in [4.78, 5) is 9.11. The van der Waals surface area contributed by atoms with Crippen LogP contribution in [0.2, 0.25) is 0 Å². The Bertz CT molecular complexity index is 1190. The van der Waals surface area contributed by atoms with E-state index in [4.69, 9.17) is 19.2 Å². The van der Waals surface area contributed by atoms with Gasteiger partial charge in [-0.05, 0) is 35.9 Å². The molecule has 2 aliphatic rings. The zero-order valence-electron chi connectivity index (χ0n) is 20.4. The molecule has 2 aromatic carbocycles. The number of hydrogen-bond donors (Lipinski definition) is 1. The summed E-state index contributed by atoms with van der Waals surface area (Å²) in [6.07, 6.45) is 7.66. The van der Waals surface area contributed by atoms with Crippen LogP contribution in [0.4, 0.5) is 11.6 Å². The van der Waals surface area contributed by atoms with Gasteiger partial charge in [0, 0.05) is 35.9 Å². The van der Waals surface area contributed by atoms with Gasteiger partial charge >= 0.3 is 0 Å². The number of aromatic nitrogens is 2. The Morgan fingerprint density at radius 2 is 1.81 bits per heavy atom. The number of anilines is 2. The smallest absolute Gasteiger partial charge is 0.227 e. The van der Waals surface area contributed by atoms with Crippen molar-refractivity contribution in [3.05, 3.63) is 83.2 Å². The van der Waals surface area contributed by atoms with E-state index in [1.807, 2.05) is 54.6 Å². The number of quaternary nitrogens is 1. The number of ether oxygens (including phenoxy) is 3. The summed E-state index contributed by atoms with van der Waals surface area (Å²) >= 11 is 0. The van der Waals surface area contributed by atoms with Crippen molar-refractivity contribution in [3.63, 3.8) is 0 Å². The third-order valence-corrected chi connectivity index (χ3v) is 6.45. The maximum absolute atomic E-state index is 12.7. The predicted molar refractivity (Wildman–Crippen MR) is 139 cm³/mol. The molecular weight excluding hydrogens is 456 g/mol. The number of hydroxylamine groups is 3. The van der Waals surface area contributed by atoms with E-state index in [0.717, 1.165) is 46.7 Å². The molecule has 0 atom stereocenters.